The molecule has 0 spiro atoms. The molecule has 0 amide bonds. The van der Waals surface area contributed by atoms with Gasteiger partial charge in [0.1, 0.15) is 11.3 Å². The lowest BCUT2D eigenvalue weighted by atomic mass is 9.98. The van der Waals surface area contributed by atoms with Gasteiger partial charge in [0.05, 0.1) is 13.2 Å². The van der Waals surface area contributed by atoms with Crippen LogP contribution in [0.15, 0.2) is 29.2 Å². The summed E-state index contributed by atoms with van der Waals surface area (Å²) in [6.45, 7) is 7.12. The molecule has 0 saturated carbocycles. The van der Waals surface area contributed by atoms with Crippen molar-refractivity contribution in [1.29, 1.82) is 5.26 Å². The highest BCUT2D eigenvalue weighted by Gasteiger charge is 2.25. The summed E-state index contributed by atoms with van der Waals surface area (Å²) in [4.78, 5) is 1.17. The van der Waals surface area contributed by atoms with Crippen molar-refractivity contribution < 1.29 is 4.74 Å². The van der Waals surface area contributed by atoms with Crippen LogP contribution in [0.5, 0.6) is 5.75 Å². The molecule has 3 nitrogen and oxygen atoms in total. The second kappa shape index (κ2) is 8.18. The van der Waals surface area contributed by atoms with Gasteiger partial charge in [0.15, 0.2) is 0 Å². The zero-order valence-electron chi connectivity index (χ0n) is 12.8. The van der Waals surface area contributed by atoms with E-state index in [0.717, 1.165) is 25.1 Å². The van der Waals surface area contributed by atoms with Crippen LogP contribution in [0.2, 0.25) is 0 Å². The van der Waals surface area contributed by atoms with Gasteiger partial charge in [-0.1, -0.05) is 19.9 Å². The van der Waals surface area contributed by atoms with Crippen molar-refractivity contribution in [2.45, 2.75) is 49.3 Å². The third-order valence-corrected chi connectivity index (χ3v) is 4.18. The lowest BCUT2D eigenvalue weighted by Crippen LogP contribution is -2.43. The molecular formula is C16H24N2OS. The average molecular weight is 292 g/mol. The van der Waals surface area contributed by atoms with Gasteiger partial charge in [0, 0.05) is 10.1 Å². The highest BCUT2D eigenvalue weighted by Crippen LogP contribution is 2.30. The molecule has 0 radical (unpaired) electrons. The maximum atomic E-state index is 9.37. The van der Waals surface area contributed by atoms with Crippen molar-refractivity contribution >= 4 is 11.8 Å². The van der Waals surface area contributed by atoms with Gasteiger partial charge in [-0.25, -0.2) is 0 Å². The molecule has 110 valence electrons. The number of nitrogens with zero attached hydrogens (tertiary/aromatic N) is 1. The maximum Gasteiger partial charge on any atom is 0.119 e. The lowest BCUT2D eigenvalue weighted by molar-refractivity contribution is 0.413. The molecule has 0 saturated heterocycles. The molecule has 0 aromatic heterocycles. The second-order valence-electron chi connectivity index (χ2n) is 5.18. The van der Waals surface area contributed by atoms with Crippen LogP contribution in [0.3, 0.4) is 0 Å². The van der Waals surface area contributed by atoms with Gasteiger partial charge in [-0.3, -0.25) is 5.32 Å². The highest BCUT2D eigenvalue weighted by molar-refractivity contribution is 7.99. The number of rotatable bonds is 8. The molecule has 20 heavy (non-hydrogen) atoms. The molecule has 0 fully saturated rings. The third kappa shape index (κ3) is 5.44. The predicted octanol–water partition coefficient (Wildman–Crippen LogP) is 3.85. The van der Waals surface area contributed by atoms with Crippen molar-refractivity contribution in [2.24, 2.45) is 0 Å². The molecule has 0 aliphatic rings. The van der Waals surface area contributed by atoms with Gasteiger partial charge in [0.2, 0.25) is 0 Å². The van der Waals surface area contributed by atoms with E-state index in [0.29, 0.717) is 5.25 Å². The minimum Gasteiger partial charge on any atom is -0.497 e. The topological polar surface area (TPSA) is 45.0 Å². The van der Waals surface area contributed by atoms with E-state index >= 15 is 0 Å². The summed E-state index contributed by atoms with van der Waals surface area (Å²) < 4.78 is 5.23. The SMILES string of the molecule is CCCNC(C)(C#N)CC(C)Sc1cccc(OC)c1. The Morgan fingerprint density at radius 2 is 2.25 bits per heavy atom. The summed E-state index contributed by atoms with van der Waals surface area (Å²) in [5.74, 6) is 0.870. The van der Waals surface area contributed by atoms with Gasteiger partial charge < -0.3 is 4.74 Å². The number of hydrogen-bond acceptors (Lipinski definition) is 4. The fourth-order valence-corrected chi connectivity index (χ4v) is 3.30. The number of nitriles is 1. The van der Waals surface area contributed by atoms with E-state index < -0.39 is 5.54 Å². The number of ether oxygens (including phenoxy) is 1. The minimum atomic E-state index is -0.457. The van der Waals surface area contributed by atoms with Crippen LogP contribution in [0.25, 0.3) is 0 Å². The van der Waals surface area contributed by atoms with Crippen molar-refractivity contribution in [3.8, 4) is 11.8 Å². The molecule has 1 N–H and O–H groups in total. The molecule has 1 rings (SSSR count). The Morgan fingerprint density at radius 3 is 2.85 bits per heavy atom. The molecule has 4 heteroatoms. The van der Waals surface area contributed by atoms with E-state index in [1.807, 2.05) is 25.1 Å². The first kappa shape index (κ1) is 16.9. The Kier molecular flexibility index (Phi) is 6.90. The zero-order valence-corrected chi connectivity index (χ0v) is 13.6. The number of hydrogen-bond donors (Lipinski definition) is 1. The first-order chi connectivity index (χ1) is 9.53. The van der Waals surface area contributed by atoms with Gasteiger partial charge in [-0.2, -0.15) is 5.26 Å². The minimum absolute atomic E-state index is 0.358. The van der Waals surface area contributed by atoms with Crippen LogP contribution < -0.4 is 10.1 Å². The number of benzene rings is 1. The Labute approximate surface area is 126 Å². The van der Waals surface area contributed by atoms with Crippen LogP contribution >= 0.6 is 11.8 Å². The van der Waals surface area contributed by atoms with E-state index in [2.05, 4.69) is 31.3 Å². The van der Waals surface area contributed by atoms with E-state index in [1.54, 1.807) is 18.9 Å². The number of thioether (sulfide) groups is 1. The van der Waals surface area contributed by atoms with Gasteiger partial charge in [-0.05, 0) is 44.5 Å². The Balaban J connectivity index is 2.61. The van der Waals surface area contributed by atoms with Crippen LogP contribution in [-0.2, 0) is 0 Å². The van der Waals surface area contributed by atoms with Crippen LogP contribution in [-0.4, -0.2) is 24.4 Å². The summed E-state index contributed by atoms with van der Waals surface area (Å²) in [7, 11) is 1.68. The molecule has 1 aromatic rings. The van der Waals surface area contributed by atoms with Gasteiger partial charge >= 0.3 is 0 Å². The first-order valence-corrected chi connectivity index (χ1v) is 7.88. The van der Waals surface area contributed by atoms with Crippen molar-refractivity contribution in [3.05, 3.63) is 24.3 Å². The predicted molar refractivity (Wildman–Crippen MR) is 85.2 cm³/mol. The molecule has 2 unspecified atom stereocenters. The Morgan fingerprint density at radius 1 is 1.50 bits per heavy atom. The lowest BCUT2D eigenvalue weighted by Gasteiger charge is -2.26. The van der Waals surface area contributed by atoms with E-state index in [1.165, 1.54) is 4.90 Å². The van der Waals surface area contributed by atoms with Gasteiger partial charge in [0.25, 0.3) is 0 Å². The molecule has 1 aromatic carbocycles. The van der Waals surface area contributed by atoms with Crippen LogP contribution in [0.1, 0.15) is 33.6 Å². The smallest absolute Gasteiger partial charge is 0.119 e. The highest BCUT2D eigenvalue weighted by atomic mass is 32.2. The fraction of sp³-hybridized carbons (Fsp3) is 0.562. The Hall–Kier alpha value is -1.18. The second-order valence-corrected chi connectivity index (χ2v) is 6.69. The molecule has 0 bridgehead atoms. The molecule has 2 atom stereocenters. The monoisotopic (exact) mass is 292 g/mol. The standard InChI is InChI=1S/C16H24N2OS/c1-5-9-18-16(3,12-17)11-13(2)20-15-8-6-7-14(10-15)19-4/h6-8,10,13,18H,5,9,11H2,1-4H3. The zero-order chi connectivity index (χ0) is 15.0. The summed E-state index contributed by atoms with van der Waals surface area (Å²) in [5.41, 5.74) is -0.457. The van der Waals surface area contributed by atoms with Gasteiger partial charge in [-0.15, -0.1) is 11.8 Å². The number of methoxy groups -OCH3 is 1. The van der Waals surface area contributed by atoms with Crippen molar-refractivity contribution in [1.82, 2.24) is 5.32 Å². The summed E-state index contributed by atoms with van der Waals surface area (Å²) in [5, 5.41) is 13.1. The van der Waals surface area contributed by atoms with Crippen LogP contribution in [0, 0.1) is 11.3 Å². The largest absolute Gasteiger partial charge is 0.497 e. The third-order valence-electron chi connectivity index (χ3n) is 3.09. The van der Waals surface area contributed by atoms with E-state index in [9.17, 15) is 5.26 Å². The summed E-state index contributed by atoms with van der Waals surface area (Å²) >= 11 is 1.78. The molecule has 0 aliphatic carbocycles. The molecular weight excluding hydrogens is 268 g/mol. The number of nitrogens with one attached hydrogen (secondary N) is 1. The van der Waals surface area contributed by atoms with Crippen LogP contribution in [0.4, 0.5) is 0 Å². The van der Waals surface area contributed by atoms with Crippen molar-refractivity contribution in [2.75, 3.05) is 13.7 Å². The quantitative estimate of drug-likeness (QED) is 0.739. The molecule has 0 aliphatic heterocycles. The summed E-state index contributed by atoms with van der Waals surface area (Å²) in [6, 6.07) is 10.4. The van der Waals surface area contributed by atoms with E-state index in [4.69, 9.17) is 4.74 Å². The fourth-order valence-electron chi connectivity index (χ4n) is 2.08. The normalized spacial score (nSPS) is 15.2. The maximum absolute atomic E-state index is 9.37. The Bertz CT molecular complexity index is 458. The average Bonchev–Trinajstić information content (AvgIpc) is 2.45. The molecule has 0 heterocycles. The first-order valence-electron chi connectivity index (χ1n) is 7.00. The van der Waals surface area contributed by atoms with Crippen molar-refractivity contribution in [3.63, 3.8) is 0 Å². The van der Waals surface area contributed by atoms with E-state index in [-0.39, 0.29) is 0 Å². The summed E-state index contributed by atoms with van der Waals surface area (Å²) in [6.07, 6.45) is 1.85.